The van der Waals surface area contributed by atoms with Crippen LogP contribution in [-0.2, 0) is 9.59 Å². The minimum Gasteiger partial charge on any atom is -0.486 e. The molecule has 1 saturated heterocycles. The lowest BCUT2D eigenvalue weighted by atomic mass is 10.1. The molecule has 2 unspecified atom stereocenters. The Morgan fingerprint density at radius 3 is 2.58 bits per heavy atom. The third kappa shape index (κ3) is 3.58. The van der Waals surface area contributed by atoms with Crippen molar-refractivity contribution in [3.8, 4) is 11.5 Å². The number of ether oxygens (including phenoxy) is 2. The largest absolute Gasteiger partial charge is 0.486 e. The van der Waals surface area contributed by atoms with Gasteiger partial charge in [-0.25, -0.2) is 4.79 Å². The van der Waals surface area contributed by atoms with Crippen molar-refractivity contribution >= 4 is 17.8 Å². The van der Waals surface area contributed by atoms with E-state index in [9.17, 15) is 14.4 Å². The summed E-state index contributed by atoms with van der Waals surface area (Å²) in [7, 11) is 0. The Hall–Kier alpha value is -2.77. The van der Waals surface area contributed by atoms with E-state index in [4.69, 9.17) is 9.47 Å². The van der Waals surface area contributed by atoms with Crippen LogP contribution in [0.4, 0.5) is 4.79 Å². The van der Waals surface area contributed by atoms with Crippen molar-refractivity contribution in [2.75, 3.05) is 19.8 Å². The number of fused-ring (bicyclic) bond motifs is 1. The predicted molar refractivity (Wildman–Crippen MR) is 92.9 cm³/mol. The minimum absolute atomic E-state index is 0.0313. The Balaban J connectivity index is 1.61. The molecule has 2 aliphatic heterocycles. The molecule has 140 valence electrons. The Labute approximate surface area is 151 Å². The monoisotopic (exact) mass is 361 g/mol. The number of hydrogen-bond acceptors (Lipinski definition) is 5. The standard InChI is InChI=1S/C18H23N3O5/c1-10(2)16-17(23)21(18(24)20-16)9-15(22)19-11(3)12-4-5-13-14(8-12)26-7-6-25-13/h4-5,8,10-11,16H,6-7,9H2,1-3H3,(H,19,22)(H,20,24). The number of nitrogens with one attached hydrogen (secondary N) is 2. The van der Waals surface area contributed by atoms with E-state index in [1.54, 1.807) is 6.07 Å². The zero-order chi connectivity index (χ0) is 18.8. The summed E-state index contributed by atoms with van der Waals surface area (Å²) in [6, 6.07) is 4.06. The van der Waals surface area contributed by atoms with E-state index < -0.39 is 18.0 Å². The van der Waals surface area contributed by atoms with E-state index in [0.29, 0.717) is 24.7 Å². The highest BCUT2D eigenvalue weighted by molar-refractivity contribution is 6.06. The zero-order valence-electron chi connectivity index (χ0n) is 15.1. The van der Waals surface area contributed by atoms with Crippen LogP contribution in [0, 0.1) is 5.92 Å². The summed E-state index contributed by atoms with van der Waals surface area (Å²) in [6.07, 6.45) is 0. The Bertz CT molecular complexity index is 734. The molecule has 2 aliphatic rings. The van der Waals surface area contributed by atoms with Gasteiger partial charge in [-0.2, -0.15) is 0 Å². The molecule has 26 heavy (non-hydrogen) atoms. The van der Waals surface area contributed by atoms with E-state index in [0.717, 1.165) is 10.5 Å². The molecule has 4 amide bonds. The van der Waals surface area contributed by atoms with Gasteiger partial charge in [-0.15, -0.1) is 0 Å². The van der Waals surface area contributed by atoms with Crippen LogP contribution in [0.3, 0.4) is 0 Å². The van der Waals surface area contributed by atoms with Crippen molar-refractivity contribution in [2.45, 2.75) is 32.9 Å². The number of benzene rings is 1. The molecule has 0 radical (unpaired) electrons. The molecule has 0 aliphatic carbocycles. The van der Waals surface area contributed by atoms with Gasteiger partial charge in [0.15, 0.2) is 11.5 Å². The maximum Gasteiger partial charge on any atom is 0.325 e. The summed E-state index contributed by atoms with van der Waals surface area (Å²) in [5.74, 6) is 0.518. The summed E-state index contributed by atoms with van der Waals surface area (Å²) >= 11 is 0. The molecule has 2 N–H and O–H groups in total. The maximum atomic E-state index is 12.3. The van der Waals surface area contributed by atoms with Gasteiger partial charge < -0.3 is 20.1 Å². The molecule has 8 nitrogen and oxygen atoms in total. The fraction of sp³-hybridized carbons (Fsp3) is 0.500. The highest BCUT2D eigenvalue weighted by atomic mass is 16.6. The average Bonchev–Trinajstić information content (AvgIpc) is 2.89. The van der Waals surface area contributed by atoms with E-state index in [1.807, 2.05) is 32.9 Å². The number of hydrogen-bond donors (Lipinski definition) is 2. The predicted octanol–water partition coefficient (Wildman–Crippen LogP) is 1.21. The second kappa shape index (κ2) is 7.23. The van der Waals surface area contributed by atoms with Crippen LogP contribution in [-0.4, -0.2) is 48.5 Å². The van der Waals surface area contributed by atoms with E-state index in [-0.39, 0.29) is 24.4 Å². The fourth-order valence-electron chi connectivity index (χ4n) is 2.99. The quantitative estimate of drug-likeness (QED) is 0.769. The molecule has 0 aromatic heterocycles. The Kier molecular flexibility index (Phi) is 5.01. The SMILES string of the molecule is CC(NC(=O)CN1C(=O)NC(C(C)C)C1=O)c1ccc2c(c1)OCCO2. The molecule has 1 aromatic carbocycles. The molecule has 2 atom stereocenters. The van der Waals surface area contributed by atoms with Crippen molar-refractivity contribution in [2.24, 2.45) is 5.92 Å². The second-order valence-corrected chi connectivity index (χ2v) is 6.79. The first-order valence-electron chi connectivity index (χ1n) is 8.67. The van der Waals surface area contributed by atoms with Gasteiger partial charge in [0, 0.05) is 0 Å². The van der Waals surface area contributed by atoms with Gasteiger partial charge in [0.1, 0.15) is 25.8 Å². The normalized spacial score (nSPS) is 20.2. The number of rotatable bonds is 5. The van der Waals surface area contributed by atoms with Crippen LogP contribution in [0.15, 0.2) is 18.2 Å². The molecule has 0 spiro atoms. The number of carbonyl (C=O) groups is 3. The lowest BCUT2D eigenvalue weighted by molar-refractivity contribution is -0.133. The Morgan fingerprint density at radius 1 is 1.23 bits per heavy atom. The van der Waals surface area contributed by atoms with Crippen molar-refractivity contribution in [3.05, 3.63) is 23.8 Å². The van der Waals surface area contributed by atoms with Crippen molar-refractivity contribution in [1.29, 1.82) is 0 Å². The first kappa shape index (κ1) is 18.0. The third-order valence-electron chi connectivity index (χ3n) is 4.47. The van der Waals surface area contributed by atoms with Crippen LogP contribution in [0.5, 0.6) is 11.5 Å². The van der Waals surface area contributed by atoms with Gasteiger partial charge in [0.05, 0.1) is 6.04 Å². The molecule has 8 heteroatoms. The number of nitrogens with zero attached hydrogens (tertiary/aromatic N) is 1. The molecule has 0 bridgehead atoms. The number of carbonyl (C=O) groups excluding carboxylic acids is 3. The fourth-order valence-corrected chi connectivity index (χ4v) is 2.99. The van der Waals surface area contributed by atoms with E-state index >= 15 is 0 Å². The Morgan fingerprint density at radius 2 is 1.92 bits per heavy atom. The van der Waals surface area contributed by atoms with Crippen LogP contribution < -0.4 is 20.1 Å². The topological polar surface area (TPSA) is 97.0 Å². The summed E-state index contributed by atoms with van der Waals surface area (Å²) in [5, 5.41) is 5.41. The minimum atomic E-state index is -0.578. The van der Waals surface area contributed by atoms with Gasteiger partial charge in [-0.3, -0.25) is 14.5 Å². The highest BCUT2D eigenvalue weighted by Gasteiger charge is 2.40. The average molecular weight is 361 g/mol. The molecule has 1 fully saturated rings. The lowest BCUT2D eigenvalue weighted by Crippen LogP contribution is -2.42. The highest BCUT2D eigenvalue weighted by Crippen LogP contribution is 2.32. The number of amides is 4. The maximum absolute atomic E-state index is 12.3. The van der Waals surface area contributed by atoms with Gasteiger partial charge in [-0.1, -0.05) is 19.9 Å². The molecular weight excluding hydrogens is 338 g/mol. The summed E-state index contributed by atoms with van der Waals surface area (Å²) < 4.78 is 11.0. The first-order chi connectivity index (χ1) is 12.4. The molecular formula is C18H23N3O5. The van der Waals surface area contributed by atoms with Gasteiger partial charge in [0.25, 0.3) is 5.91 Å². The molecule has 2 heterocycles. The summed E-state index contributed by atoms with van der Waals surface area (Å²) in [4.78, 5) is 37.4. The second-order valence-electron chi connectivity index (χ2n) is 6.79. The first-order valence-corrected chi connectivity index (χ1v) is 8.67. The molecule has 3 rings (SSSR count). The molecule has 0 saturated carbocycles. The van der Waals surface area contributed by atoms with E-state index in [2.05, 4.69) is 10.6 Å². The van der Waals surface area contributed by atoms with Gasteiger partial charge >= 0.3 is 6.03 Å². The van der Waals surface area contributed by atoms with Gasteiger partial charge in [-0.05, 0) is 30.5 Å². The van der Waals surface area contributed by atoms with E-state index in [1.165, 1.54) is 0 Å². The summed E-state index contributed by atoms with van der Waals surface area (Å²) in [6.45, 7) is 6.21. The van der Waals surface area contributed by atoms with Crippen molar-refractivity contribution in [1.82, 2.24) is 15.5 Å². The number of imide groups is 1. The van der Waals surface area contributed by atoms with Crippen LogP contribution in [0.25, 0.3) is 0 Å². The summed E-state index contributed by atoms with van der Waals surface area (Å²) in [5.41, 5.74) is 0.847. The van der Waals surface area contributed by atoms with Crippen LogP contribution in [0.1, 0.15) is 32.4 Å². The van der Waals surface area contributed by atoms with Crippen molar-refractivity contribution in [3.63, 3.8) is 0 Å². The molecule has 1 aromatic rings. The van der Waals surface area contributed by atoms with Crippen LogP contribution in [0.2, 0.25) is 0 Å². The zero-order valence-corrected chi connectivity index (χ0v) is 15.1. The van der Waals surface area contributed by atoms with Gasteiger partial charge in [0.2, 0.25) is 5.91 Å². The number of urea groups is 1. The third-order valence-corrected chi connectivity index (χ3v) is 4.47. The van der Waals surface area contributed by atoms with Crippen LogP contribution >= 0.6 is 0 Å². The van der Waals surface area contributed by atoms with Crippen molar-refractivity contribution < 1.29 is 23.9 Å². The smallest absolute Gasteiger partial charge is 0.325 e. The lowest BCUT2D eigenvalue weighted by Gasteiger charge is -2.21.